The largest absolute Gasteiger partial charge is 0.497 e. The van der Waals surface area contributed by atoms with E-state index in [0.717, 1.165) is 22.7 Å². The number of anilines is 1. The lowest BCUT2D eigenvalue weighted by atomic mass is 10.1. The van der Waals surface area contributed by atoms with Gasteiger partial charge in [-0.2, -0.15) is 5.10 Å². The summed E-state index contributed by atoms with van der Waals surface area (Å²) in [6.45, 7) is 2.06. The van der Waals surface area contributed by atoms with E-state index in [4.69, 9.17) is 10.5 Å². The van der Waals surface area contributed by atoms with E-state index < -0.39 is 0 Å². The number of hydrogen-bond acceptors (Lipinski definition) is 3. The van der Waals surface area contributed by atoms with Crippen molar-refractivity contribution in [3.8, 4) is 22.7 Å². The molecule has 3 rings (SSSR count). The Bertz CT molecular complexity index is 777. The molecule has 0 aliphatic heterocycles. The fraction of sp³-hybridized carbons (Fsp3) is 0.118. The van der Waals surface area contributed by atoms with Crippen LogP contribution in [-0.2, 0) is 0 Å². The first-order valence-corrected chi connectivity index (χ1v) is 6.74. The molecule has 1 aromatic heterocycles. The molecule has 4 heteroatoms. The zero-order valence-corrected chi connectivity index (χ0v) is 12.1. The Kier molecular flexibility index (Phi) is 3.36. The molecule has 0 aliphatic rings. The Morgan fingerprint density at radius 2 is 1.86 bits per heavy atom. The molecular formula is C17H17N3O. The number of rotatable bonds is 3. The van der Waals surface area contributed by atoms with Crippen LogP contribution in [0.4, 0.5) is 5.82 Å². The van der Waals surface area contributed by atoms with Gasteiger partial charge in [0, 0.05) is 17.7 Å². The highest BCUT2D eigenvalue weighted by Crippen LogP contribution is 2.25. The van der Waals surface area contributed by atoms with E-state index in [0.29, 0.717) is 5.82 Å². The van der Waals surface area contributed by atoms with Crippen LogP contribution in [0, 0.1) is 6.92 Å². The summed E-state index contributed by atoms with van der Waals surface area (Å²) in [5.41, 5.74) is 10.1. The number of hydrogen-bond donors (Lipinski definition) is 1. The lowest BCUT2D eigenvalue weighted by Gasteiger charge is -2.06. The Balaban J connectivity index is 2.05. The van der Waals surface area contributed by atoms with Gasteiger partial charge in [0.25, 0.3) is 0 Å². The highest BCUT2D eigenvalue weighted by Gasteiger charge is 2.09. The van der Waals surface area contributed by atoms with E-state index >= 15 is 0 Å². The van der Waals surface area contributed by atoms with Crippen molar-refractivity contribution in [2.75, 3.05) is 12.8 Å². The Hall–Kier alpha value is -2.75. The van der Waals surface area contributed by atoms with Gasteiger partial charge in [-0.1, -0.05) is 29.8 Å². The molecule has 0 spiro atoms. The average molecular weight is 279 g/mol. The Morgan fingerprint density at radius 3 is 2.62 bits per heavy atom. The molecule has 2 aromatic carbocycles. The monoisotopic (exact) mass is 279 g/mol. The highest BCUT2D eigenvalue weighted by atomic mass is 16.5. The predicted octanol–water partition coefficient (Wildman–Crippen LogP) is 3.44. The number of benzene rings is 2. The summed E-state index contributed by atoms with van der Waals surface area (Å²) >= 11 is 0. The lowest BCUT2D eigenvalue weighted by Crippen LogP contribution is -2.01. The summed E-state index contributed by atoms with van der Waals surface area (Å²) in [5, 5.41) is 4.60. The predicted molar refractivity (Wildman–Crippen MR) is 84.7 cm³/mol. The van der Waals surface area contributed by atoms with E-state index in [1.165, 1.54) is 5.56 Å². The number of aryl methyl sites for hydroxylation is 1. The first-order valence-electron chi connectivity index (χ1n) is 6.74. The third-order valence-electron chi connectivity index (χ3n) is 3.35. The van der Waals surface area contributed by atoms with Gasteiger partial charge in [-0.05, 0) is 25.1 Å². The molecule has 0 bridgehead atoms. The SMILES string of the molecule is COc1cccc(-n2nc(-c3cccc(C)c3)cc2N)c1. The summed E-state index contributed by atoms with van der Waals surface area (Å²) < 4.78 is 6.96. The Morgan fingerprint density at radius 1 is 1.05 bits per heavy atom. The van der Waals surface area contributed by atoms with Crippen molar-refractivity contribution in [1.82, 2.24) is 9.78 Å². The van der Waals surface area contributed by atoms with Crippen LogP contribution in [0.2, 0.25) is 0 Å². The maximum atomic E-state index is 6.10. The van der Waals surface area contributed by atoms with Gasteiger partial charge in [0.15, 0.2) is 0 Å². The number of nitrogen functional groups attached to an aromatic ring is 1. The van der Waals surface area contributed by atoms with Crippen LogP contribution in [0.15, 0.2) is 54.6 Å². The van der Waals surface area contributed by atoms with Crippen LogP contribution in [-0.4, -0.2) is 16.9 Å². The van der Waals surface area contributed by atoms with Crippen molar-refractivity contribution in [2.45, 2.75) is 6.92 Å². The normalized spacial score (nSPS) is 10.6. The maximum absolute atomic E-state index is 6.10. The summed E-state index contributed by atoms with van der Waals surface area (Å²) in [4.78, 5) is 0. The molecule has 0 fully saturated rings. The molecule has 0 unspecified atom stereocenters. The zero-order valence-electron chi connectivity index (χ0n) is 12.1. The smallest absolute Gasteiger partial charge is 0.127 e. The van der Waals surface area contributed by atoms with Crippen LogP contribution < -0.4 is 10.5 Å². The fourth-order valence-electron chi connectivity index (χ4n) is 2.29. The summed E-state index contributed by atoms with van der Waals surface area (Å²) in [6.07, 6.45) is 0. The minimum atomic E-state index is 0.597. The summed E-state index contributed by atoms with van der Waals surface area (Å²) in [6, 6.07) is 17.8. The van der Waals surface area contributed by atoms with E-state index in [9.17, 15) is 0 Å². The van der Waals surface area contributed by atoms with Gasteiger partial charge in [0.1, 0.15) is 11.6 Å². The third kappa shape index (κ3) is 2.60. The number of nitrogens with zero attached hydrogens (tertiary/aromatic N) is 2. The second kappa shape index (κ2) is 5.32. The van der Waals surface area contributed by atoms with Gasteiger partial charge in [-0.3, -0.25) is 0 Å². The zero-order chi connectivity index (χ0) is 14.8. The van der Waals surface area contributed by atoms with Gasteiger partial charge in [-0.25, -0.2) is 4.68 Å². The van der Waals surface area contributed by atoms with Crippen molar-refractivity contribution in [3.05, 3.63) is 60.2 Å². The van der Waals surface area contributed by atoms with Crippen molar-refractivity contribution >= 4 is 5.82 Å². The lowest BCUT2D eigenvalue weighted by molar-refractivity contribution is 0.414. The third-order valence-corrected chi connectivity index (χ3v) is 3.35. The number of aromatic nitrogens is 2. The molecule has 2 N–H and O–H groups in total. The second-order valence-corrected chi connectivity index (χ2v) is 4.94. The molecular weight excluding hydrogens is 262 g/mol. The average Bonchev–Trinajstić information content (AvgIpc) is 2.89. The van der Waals surface area contributed by atoms with E-state index in [-0.39, 0.29) is 0 Å². The van der Waals surface area contributed by atoms with Gasteiger partial charge in [0.2, 0.25) is 0 Å². The molecule has 0 saturated carbocycles. The first-order chi connectivity index (χ1) is 10.2. The molecule has 21 heavy (non-hydrogen) atoms. The second-order valence-electron chi connectivity index (χ2n) is 4.94. The minimum absolute atomic E-state index is 0.597. The molecule has 0 radical (unpaired) electrons. The standard InChI is InChI=1S/C17H17N3O/c1-12-5-3-6-13(9-12)16-11-17(18)20(19-16)14-7-4-8-15(10-14)21-2/h3-11H,18H2,1-2H3. The fourth-order valence-corrected chi connectivity index (χ4v) is 2.29. The van der Waals surface area contributed by atoms with Crippen molar-refractivity contribution in [2.24, 2.45) is 0 Å². The molecule has 4 nitrogen and oxygen atoms in total. The van der Waals surface area contributed by atoms with Crippen LogP contribution in [0.1, 0.15) is 5.56 Å². The van der Waals surface area contributed by atoms with E-state index in [1.54, 1.807) is 11.8 Å². The molecule has 0 aliphatic carbocycles. The van der Waals surface area contributed by atoms with Crippen molar-refractivity contribution in [1.29, 1.82) is 0 Å². The van der Waals surface area contributed by atoms with Crippen LogP contribution >= 0.6 is 0 Å². The van der Waals surface area contributed by atoms with Gasteiger partial charge >= 0.3 is 0 Å². The van der Waals surface area contributed by atoms with Gasteiger partial charge < -0.3 is 10.5 Å². The number of nitrogens with two attached hydrogens (primary N) is 1. The molecule has 106 valence electrons. The summed E-state index contributed by atoms with van der Waals surface area (Å²) in [5.74, 6) is 1.37. The Labute approximate surface area is 123 Å². The number of ether oxygens (including phenoxy) is 1. The molecule has 1 heterocycles. The van der Waals surface area contributed by atoms with Crippen LogP contribution in [0.3, 0.4) is 0 Å². The molecule has 0 amide bonds. The van der Waals surface area contributed by atoms with Crippen LogP contribution in [0.25, 0.3) is 16.9 Å². The van der Waals surface area contributed by atoms with Crippen LogP contribution in [0.5, 0.6) is 5.75 Å². The molecule has 3 aromatic rings. The molecule has 0 atom stereocenters. The van der Waals surface area contributed by atoms with Crippen molar-refractivity contribution in [3.63, 3.8) is 0 Å². The quantitative estimate of drug-likeness (QED) is 0.799. The van der Waals surface area contributed by atoms with Gasteiger partial charge in [-0.15, -0.1) is 0 Å². The van der Waals surface area contributed by atoms with Gasteiger partial charge in [0.05, 0.1) is 18.5 Å². The van der Waals surface area contributed by atoms with Crippen molar-refractivity contribution < 1.29 is 4.74 Å². The topological polar surface area (TPSA) is 53.1 Å². The van der Waals surface area contributed by atoms with E-state index in [1.807, 2.05) is 42.5 Å². The first kappa shape index (κ1) is 13.2. The maximum Gasteiger partial charge on any atom is 0.127 e. The molecule has 0 saturated heterocycles. The minimum Gasteiger partial charge on any atom is -0.497 e. The highest BCUT2D eigenvalue weighted by molar-refractivity contribution is 5.64. The number of methoxy groups -OCH3 is 1. The summed E-state index contributed by atoms with van der Waals surface area (Å²) in [7, 11) is 1.64. The van der Waals surface area contributed by atoms with E-state index in [2.05, 4.69) is 24.2 Å².